The van der Waals surface area contributed by atoms with Gasteiger partial charge in [0, 0.05) is 28.9 Å². The molecule has 0 amide bonds. The number of hydrogen-bond donors (Lipinski definition) is 2. The summed E-state index contributed by atoms with van der Waals surface area (Å²) in [6.45, 7) is 2.63. The van der Waals surface area contributed by atoms with E-state index in [-0.39, 0.29) is 22.0 Å². The lowest BCUT2D eigenvalue weighted by molar-refractivity contribution is -0.139. The maximum atomic E-state index is 13.1. The lowest BCUT2D eigenvalue weighted by Gasteiger charge is -2.31. The van der Waals surface area contributed by atoms with Crippen molar-refractivity contribution in [1.29, 1.82) is 0 Å². The molecule has 1 aliphatic rings. The normalized spacial score (nSPS) is 20.1. The molecule has 1 aliphatic heterocycles. The van der Waals surface area contributed by atoms with E-state index in [1.807, 2.05) is 24.1 Å². The molecule has 0 bridgehead atoms. The summed E-state index contributed by atoms with van der Waals surface area (Å²) in [7, 11) is 0. The monoisotopic (exact) mass is 395 g/mol. The first-order valence-corrected chi connectivity index (χ1v) is 9.29. The summed E-state index contributed by atoms with van der Waals surface area (Å²) in [5, 5.41) is 0. The van der Waals surface area contributed by atoms with Gasteiger partial charge in [-0.3, -0.25) is 4.98 Å². The third kappa shape index (κ3) is 4.72. The number of nitrogens with zero attached hydrogens (tertiary/aromatic N) is 3. The van der Waals surface area contributed by atoms with Gasteiger partial charge in [0.25, 0.3) is 0 Å². The Morgan fingerprint density at radius 2 is 2.04 bits per heavy atom. The number of hydrogen-bond acceptors (Lipinski definition) is 6. The maximum absolute atomic E-state index is 13.1. The molecular weight excluding hydrogens is 375 g/mol. The molecule has 0 spiro atoms. The average Bonchev–Trinajstić information content (AvgIpc) is 2.60. The van der Waals surface area contributed by atoms with Gasteiger partial charge in [-0.25, -0.2) is 4.98 Å². The Labute approximate surface area is 159 Å². The van der Waals surface area contributed by atoms with Crippen LogP contribution in [0.1, 0.15) is 24.6 Å². The molecule has 3 rings (SSSR count). The van der Waals surface area contributed by atoms with E-state index >= 15 is 0 Å². The minimum absolute atomic E-state index is 0.136. The van der Waals surface area contributed by atoms with Crippen LogP contribution in [0.5, 0.6) is 0 Å². The molecular formula is C18H20F3N5S. The zero-order valence-corrected chi connectivity index (χ0v) is 15.5. The summed E-state index contributed by atoms with van der Waals surface area (Å²) in [5.41, 5.74) is 11.5. The van der Waals surface area contributed by atoms with Crippen LogP contribution in [0.15, 0.2) is 47.6 Å². The highest BCUT2D eigenvalue weighted by Crippen LogP contribution is 2.37. The van der Waals surface area contributed by atoms with E-state index in [1.54, 1.807) is 12.3 Å². The third-order valence-corrected chi connectivity index (χ3v) is 5.33. The van der Waals surface area contributed by atoms with Crippen molar-refractivity contribution >= 4 is 23.4 Å². The smallest absolute Gasteiger partial charge is 0.382 e. The number of anilines is 2. The third-order valence-electron chi connectivity index (χ3n) is 4.24. The predicted octanol–water partition coefficient (Wildman–Crippen LogP) is 3.81. The number of nitrogens with two attached hydrogens (primary N) is 2. The minimum atomic E-state index is -4.40. The lowest BCUT2D eigenvalue weighted by Crippen LogP contribution is -2.41. The summed E-state index contributed by atoms with van der Waals surface area (Å²) < 4.78 is 39.2. The summed E-state index contributed by atoms with van der Waals surface area (Å²) in [6.07, 6.45) is 1.68. The first kappa shape index (κ1) is 19.5. The van der Waals surface area contributed by atoms with Crippen molar-refractivity contribution in [3.05, 3.63) is 54.0 Å². The number of thioether (sulfide) groups is 1. The van der Waals surface area contributed by atoms with Crippen molar-refractivity contribution < 1.29 is 13.2 Å². The van der Waals surface area contributed by atoms with Gasteiger partial charge < -0.3 is 16.4 Å². The quantitative estimate of drug-likeness (QED) is 0.767. The second kappa shape index (κ2) is 7.40. The molecule has 0 radical (unpaired) electrons. The minimum Gasteiger partial charge on any atom is -0.382 e. The Kier molecular flexibility index (Phi) is 5.34. The van der Waals surface area contributed by atoms with E-state index < -0.39 is 11.7 Å². The van der Waals surface area contributed by atoms with Crippen LogP contribution in [0.2, 0.25) is 0 Å². The second-order valence-corrected chi connectivity index (χ2v) is 7.62. The molecule has 1 aromatic carbocycles. The Bertz CT molecular complexity index is 851. The van der Waals surface area contributed by atoms with Gasteiger partial charge in [0.05, 0.1) is 17.5 Å². The second-order valence-electron chi connectivity index (χ2n) is 6.61. The molecule has 0 saturated carbocycles. The topological polar surface area (TPSA) is 81.1 Å². The number of benzene rings is 1. The average molecular weight is 395 g/mol. The molecule has 1 aromatic heterocycles. The van der Waals surface area contributed by atoms with Crippen molar-refractivity contribution in [3.8, 4) is 0 Å². The van der Waals surface area contributed by atoms with Crippen molar-refractivity contribution in [2.45, 2.75) is 35.7 Å². The summed E-state index contributed by atoms with van der Waals surface area (Å²) in [6, 6.07) is 5.44. The van der Waals surface area contributed by atoms with Crippen molar-refractivity contribution in [2.24, 2.45) is 5.73 Å². The maximum Gasteiger partial charge on any atom is 0.417 e. The highest BCUT2D eigenvalue weighted by Gasteiger charge is 2.33. The van der Waals surface area contributed by atoms with Gasteiger partial charge in [-0.2, -0.15) is 13.2 Å². The van der Waals surface area contributed by atoms with Crippen LogP contribution in [-0.2, 0) is 11.9 Å². The van der Waals surface area contributed by atoms with Gasteiger partial charge in [-0.1, -0.05) is 12.1 Å². The largest absolute Gasteiger partial charge is 0.417 e. The first-order valence-electron chi connectivity index (χ1n) is 8.31. The van der Waals surface area contributed by atoms with Crippen LogP contribution in [-0.4, -0.2) is 22.1 Å². The zero-order valence-electron chi connectivity index (χ0n) is 14.7. The molecule has 0 saturated heterocycles. The Hall–Kier alpha value is -2.26. The van der Waals surface area contributed by atoms with E-state index in [9.17, 15) is 13.2 Å². The molecule has 1 unspecified atom stereocenters. The van der Waals surface area contributed by atoms with Gasteiger partial charge in [0.15, 0.2) is 5.82 Å². The molecule has 5 nitrogen and oxygen atoms in total. The highest BCUT2D eigenvalue weighted by atomic mass is 32.2. The first-order chi connectivity index (χ1) is 12.7. The molecule has 9 heteroatoms. The fraction of sp³-hybridized carbons (Fsp3) is 0.333. The summed E-state index contributed by atoms with van der Waals surface area (Å²) in [4.78, 5) is 10.7. The fourth-order valence-electron chi connectivity index (χ4n) is 2.61. The van der Waals surface area contributed by atoms with Crippen LogP contribution >= 0.6 is 11.8 Å². The van der Waals surface area contributed by atoms with E-state index in [0.29, 0.717) is 18.1 Å². The van der Waals surface area contributed by atoms with Gasteiger partial charge in [0.1, 0.15) is 5.82 Å². The number of rotatable bonds is 4. The van der Waals surface area contributed by atoms with Crippen LogP contribution in [0.25, 0.3) is 0 Å². The van der Waals surface area contributed by atoms with Gasteiger partial charge in [-0.05, 0) is 31.6 Å². The fourth-order valence-corrected chi connectivity index (χ4v) is 3.64. The summed E-state index contributed by atoms with van der Waals surface area (Å²) >= 11 is 1.04. The van der Waals surface area contributed by atoms with Gasteiger partial charge in [0.2, 0.25) is 0 Å². The Morgan fingerprint density at radius 1 is 1.30 bits per heavy atom. The SMILES string of the molecule is CC1(N)C=CN(c2cnc(CSc3ccccc3C(F)(F)F)c(N)n2)CC1. The molecule has 27 heavy (non-hydrogen) atoms. The number of aromatic nitrogens is 2. The van der Waals surface area contributed by atoms with Gasteiger partial charge >= 0.3 is 6.18 Å². The van der Waals surface area contributed by atoms with Crippen molar-refractivity contribution in [1.82, 2.24) is 9.97 Å². The molecule has 4 N–H and O–H groups in total. The number of alkyl halides is 3. The van der Waals surface area contributed by atoms with E-state index in [4.69, 9.17) is 11.5 Å². The number of nitrogen functional groups attached to an aromatic ring is 1. The van der Waals surface area contributed by atoms with E-state index in [2.05, 4.69) is 9.97 Å². The molecule has 144 valence electrons. The Morgan fingerprint density at radius 3 is 2.67 bits per heavy atom. The Balaban J connectivity index is 1.73. The van der Waals surface area contributed by atoms with Crippen molar-refractivity contribution in [2.75, 3.05) is 17.2 Å². The number of halogens is 3. The predicted molar refractivity (Wildman–Crippen MR) is 101 cm³/mol. The molecule has 2 heterocycles. The molecule has 0 aliphatic carbocycles. The van der Waals surface area contributed by atoms with Crippen LogP contribution < -0.4 is 16.4 Å². The van der Waals surface area contributed by atoms with E-state index in [0.717, 1.165) is 24.2 Å². The molecule has 0 fully saturated rings. The summed E-state index contributed by atoms with van der Waals surface area (Å²) in [5.74, 6) is 0.991. The lowest BCUT2D eigenvalue weighted by atomic mass is 9.96. The van der Waals surface area contributed by atoms with Crippen LogP contribution in [0.3, 0.4) is 0 Å². The van der Waals surface area contributed by atoms with Crippen molar-refractivity contribution in [3.63, 3.8) is 0 Å². The van der Waals surface area contributed by atoms with Crippen LogP contribution in [0, 0.1) is 0 Å². The molecule has 1 atom stereocenters. The highest BCUT2D eigenvalue weighted by molar-refractivity contribution is 7.98. The van der Waals surface area contributed by atoms with Crippen LogP contribution in [0.4, 0.5) is 24.8 Å². The standard InChI is InChI=1S/C18H20F3N5S/c1-17(23)6-8-26(9-7-17)15-10-24-13(16(22)25-15)11-27-14-5-3-2-4-12(14)18(19,20)21/h2-6,8,10H,7,9,11,23H2,1H3,(H2,22,25). The zero-order chi connectivity index (χ0) is 19.7. The van der Waals surface area contributed by atoms with E-state index in [1.165, 1.54) is 12.1 Å². The molecule has 2 aromatic rings. The van der Waals surface area contributed by atoms with Gasteiger partial charge in [-0.15, -0.1) is 11.8 Å².